The number of aromatic nitrogens is 3. The van der Waals surface area contributed by atoms with Crippen LogP contribution < -0.4 is 20.7 Å². The third-order valence-corrected chi connectivity index (χ3v) is 3.77. The molecule has 0 aliphatic heterocycles. The average Bonchev–Trinajstić information content (AvgIpc) is 2.46. The number of nitrogens with zero attached hydrogens (tertiary/aromatic N) is 3. The second-order valence-electron chi connectivity index (χ2n) is 4.00. The van der Waals surface area contributed by atoms with Gasteiger partial charge in [0.05, 0.1) is 7.11 Å². The van der Waals surface area contributed by atoms with E-state index in [1.807, 2.05) is 0 Å². The van der Waals surface area contributed by atoms with Crippen molar-refractivity contribution in [2.24, 2.45) is 5.84 Å². The van der Waals surface area contributed by atoms with Crippen LogP contribution in [0, 0.1) is 6.92 Å². The van der Waals surface area contributed by atoms with Crippen LogP contribution in [-0.4, -0.2) is 30.5 Å². The summed E-state index contributed by atoms with van der Waals surface area (Å²) >= 11 is 0. The lowest BCUT2D eigenvalue weighted by molar-refractivity contribution is 0.397. The molecular weight excluding hydrogens is 296 g/mol. The lowest BCUT2D eigenvalue weighted by atomic mass is 10.4. The molecule has 2 aromatic rings. The Hall–Kier alpha value is -2.46. The molecule has 0 unspecified atom stereocenters. The van der Waals surface area contributed by atoms with Crippen molar-refractivity contribution in [3.05, 3.63) is 30.1 Å². The molecule has 9 nitrogen and oxygen atoms in total. The summed E-state index contributed by atoms with van der Waals surface area (Å²) in [5.41, 5.74) is 2.88. The number of rotatable bonds is 5. The second-order valence-corrected chi connectivity index (χ2v) is 5.69. The first-order valence-corrected chi connectivity index (χ1v) is 7.28. The van der Waals surface area contributed by atoms with Crippen LogP contribution in [0.2, 0.25) is 0 Å². The van der Waals surface area contributed by atoms with Crippen molar-refractivity contribution in [2.75, 3.05) is 17.3 Å². The Morgan fingerprint density at radius 3 is 2.62 bits per heavy atom. The maximum atomic E-state index is 12.2. The number of aryl methyl sites for hydroxylation is 1. The van der Waals surface area contributed by atoms with Crippen molar-refractivity contribution in [2.45, 2.75) is 11.8 Å². The lowest BCUT2D eigenvalue weighted by Crippen LogP contribution is -2.16. The molecule has 0 aliphatic rings. The van der Waals surface area contributed by atoms with Gasteiger partial charge in [0.1, 0.15) is 10.7 Å². The molecule has 10 heteroatoms. The molecule has 0 saturated heterocycles. The molecule has 2 rings (SSSR count). The Balaban J connectivity index is 2.30. The number of nitrogens with two attached hydrogens (primary N) is 1. The van der Waals surface area contributed by atoms with Gasteiger partial charge in [-0.05, 0) is 19.1 Å². The molecule has 21 heavy (non-hydrogen) atoms. The van der Waals surface area contributed by atoms with Gasteiger partial charge in [-0.15, -0.1) is 0 Å². The van der Waals surface area contributed by atoms with Crippen LogP contribution in [0.15, 0.2) is 29.3 Å². The number of nitrogen functional groups attached to an aromatic ring is 1. The van der Waals surface area contributed by atoms with Crippen LogP contribution in [0.5, 0.6) is 5.88 Å². The van der Waals surface area contributed by atoms with Crippen molar-refractivity contribution in [1.29, 1.82) is 0 Å². The van der Waals surface area contributed by atoms with Crippen molar-refractivity contribution in [3.63, 3.8) is 0 Å². The largest absolute Gasteiger partial charge is 0.481 e. The number of methoxy groups -OCH3 is 1. The Labute approximate surface area is 121 Å². The fraction of sp³-hybridized carbons (Fsp3) is 0.182. The fourth-order valence-electron chi connectivity index (χ4n) is 1.49. The van der Waals surface area contributed by atoms with Crippen molar-refractivity contribution < 1.29 is 13.2 Å². The van der Waals surface area contributed by atoms with Crippen LogP contribution >= 0.6 is 0 Å². The Morgan fingerprint density at radius 1 is 1.29 bits per heavy atom. The van der Waals surface area contributed by atoms with E-state index in [9.17, 15) is 8.42 Å². The molecule has 112 valence electrons. The Morgan fingerprint density at radius 2 is 2.05 bits per heavy atom. The molecule has 0 atom stereocenters. The van der Waals surface area contributed by atoms with E-state index in [1.165, 1.54) is 25.4 Å². The predicted octanol–water partition coefficient (Wildman–Crippen LogP) is 0.275. The first-order valence-electron chi connectivity index (χ1n) is 5.80. The third kappa shape index (κ3) is 3.55. The van der Waals surface area contributed by atoms with Gasteiger partial charge in [-0.1, -0.05) is 0 Å². The minimum atomic E-state index is -3.84. The van der Waals surface area contributed by atoms with E-state index in [4.69, 9.17) is 10.6 Å². The Bertz CT molecular complexity index is 732. The summed E-state index contributed by atoms with van der Waals surface area (Å²) in [5, 5.41) is 0. The summed E-state index contributed by atoms with van der Waals surface area (Å²) in [6.07, 6.45) is 1.17. The zero-order chi connectivity index (χ0) is 15.5. The van der Waals surface area contributed by atoms with Gasteiger partial charge >= 0.3 is 0 Å². The molecule has 4 N–H and O–H groups in total. The van der Waals surface area contributed by atoms with E-state index >= 15 is 0 Å². The summed E-state index contributed by atoms with van der Waals surface area (Å²) in [5.74, 6) is 5.71. The van der Waals surface area contributed by atoms with Gasteiger partial charge in [0.25, 0.3) is 10.0 Å². The van der Waals surface area contributed by atoms with Crippen molar-refractivity contribution in [3.8, 4) is 5.88 Å². The number of sulfonamides is 1. The second kappa shape index (κ2) is 5.89. The van der Waals surface area contributed by atoms with E-state index in [0.717, 1.165) is 0 Å². The molecule has 0 amide bonds. The van der Waals surface area contributed by atoms with Gasteiger partial charge in [0.2, 0.25) is 11.8 Å². The van der Waals surface area contributed by atoms with E-state index in [1.54, 1.807) is 13.0 Å². The first-order chi connectivity index (χ1) is 9.94. The highest BCUT2D eigenvalue weighted by Crippen LogP contribution is 2.16. The summed E-state index contributed by atoms with van der Waals surface area (Å²) in [6, 6.07) is 4.38. The van der Waals surface area contributed by atoms with Crippen molar-refractivity contribution >= 4 is 21.8 Å². The van der Waals surface area contributed by atoms with Crippen LogP contribution in [-0.2, 0) is 10.0 Å². The van der Waals surface area contributed by atoms with Gasteiger partial charge in [-0.25, -0.2) is 29.0 Å². The summed E-state index contributed by atoms with van der Waals surface area (Å²) in [7, 11) is -2.41. The molecule has 0 bridgehead atoms. The number of hydrazine groups is 1. The summed E-state index contributed by atoms with van der Waals surface area (Å²) in [4.78, 5) is 11.7. The van der Waals surface area contributed by atoms with Gasteiger partial charge < -0.3 is 10.2 Å². The highest BCUT2D eigenvalue weighted by molar-refractivity contribution is 7.92. The van der Waals surface area contributed by atoms with E-state index in [2.05, 4.69) is 25.1 Å². The number of hydrogen-bond donors (Lipinski definition) is 3. The fourth-order valence-corrected chi connectivity index (χ4v) is 2.38. The lowest BCUT2D eigenvalue weighted by Gasteiger charge is -2.08. The number of anilines is 2. The quantitative estimate of drug-likeness (QED) is 0.529. The number of ether oxygens (including phenoxy) is 1. The molecule has 0 radical (unpaired) electrons. The summed E-state index contributed by atoms with van der Waals surface area (Å²) < 4.78 is 31.6. The maximum absolute atomic E-state index is 12.2. The smallest absolute Gasteiger partial charge is 0.265 e. The monoisotopic (exact) mass is 310 g/mol. The molecular formula is C11H14N6O3S. The molecule has 0 fully saturated rings. The van der Waals surface area contributed by atoms with Crippen molar-refractivity contribution in [1.82, 2.24) is 15.0 Å². The molecule has 0 aromatic carbocycles. The number of hydrogen-bond acceptors (Lipinski definition) is 8. The van der Waals surface area contributed by atoms with E-state index < -0.39 is 10.0 Å². The molecule has 2 heterocycles. The molecule has 0 saturated carbocycles. The van der Waals surface area contributed by atoms with Gasteiger partial charge in [-0.3, -0.25) is 0 Å². The van der Waals surface area contributed by atoms with Gasteiger partial charge in [0.15, 0.2) is 0 Å². The summed E-state index contributed by atoms with van der Waals surface area (Å²) in [6.45, 7) is 1.70. The normalized spacial score (nSPS) is 11.0. The molecule has 2 aromatic heterocycles. The standard InChI is InChI=1S/C11H14N6O3S/c1-7-5-10(20-2)15-11(14-7)17-21(18,19)8-3-4-9(16-12)13-6-8/h3-6H,12H2,1-2H3,(H,13,16)(H,14,15,17). The highest BCUT2D eigenvalue weighted by Gasteiger charge is 2.17. The SMILES string of the molecule is COc1cc(C)nc(NS(=O)(=O)c2ccc(NN)nc2)n1. The average molecular weight is 310 g/mol. The molecule has 0 spiro atoms. The maximum Gasteiger partial charge on any atom is 0.265 e. The van der Waals surface area contributed by atoms with Gasteiger partial charge in [0, 0.05) is 18.0 Å². The topological polar surface area (TPSA) is 132 Å². The zero-order valence-electron chi connectivity index (χ0n) is 11.4. The first kappa shape index (κ1) is 14.9. The third-order valence-electron chi connectivity index (χ3n) is 2.46. The van der Waals surface area contributed by atoms with Crippen LogP contribution in [0.25, 0.3) is 0 Å². The minimum absolute atomic E-state index is 0.0365. The number of pyridine rings is 1. The zero-order valence-corrected chi connectivity index (χ0v) is 12.2. The Kier molecular flexibility index (Phi) is 4.19. The van der Waals surface area contributed by atoms with Crippen LogP contribution in [0.3, 0.4) is 0 Å². The number of nitrogens with one attached hydrogen (secondary N) is 2. The predicted molar refractivity (Wildman–Crippen MR) is 76.2 cm³/mol. The van der Waals surface area contributed by atoms with Gasteiger partial charge in [-0.2, -0.15) is 4.98 Å². The minimum Gasteiger partial charge on any atom is -0.481 e. The van der Waals surface area contributed by atoms with E-state index in [-0.39, 0.29) is 16.7 Å². The molecule has 0 aliphatic carbocycles. The van der Waals surface area contributed by atoms with Crippen LogP contribution in [0.1, 0.15) is 5.69 Å². The highest BCUT2D eigenvalue weighted by atomic mass is 32.2. The van der Waals surface area contributed by atoms with E-state index in [0.29, 0.717) is 11.5 Å². The van der Waals surface area contributed by atoms with Crippen LogP contribution in [0.4, 0.5) is 11.8 Å².